The van der Waals surface area contributed by atoms with Crippen LogP contribution in [0, 0.1) is 0 Å². The third-order valence-electron chi connectivity index (χ3n) is 1.41. The van der Waals surface area contributed by atoms with Crippen LogP contribution in [0.3, 0.4) is 0 Å². The number of carbonyl (C=O) groups excluding carboxylic acids is 1. The maximum atomic E-state index is 10.5. The summed E-state index contributed by atoms with van der Waals surface area (Å²) >= 11 is 1.40. The van der Waals surface area contributed by atoms with Crippen LogP contribution in [-0.4, -0.2) is 11.3 Å². The van der Waals surface area contributed by atoms with Crippen molar-refractivity contribution in [2.45, 2.75) is 26.2 Å². The van der Waals surface area contributed by atoms with E-state index in [0.717, 1.165) is 16.9 Å². The molecule has 0 atom stereocenters. The molecule has 0 aliphatic heterocycles. The Morgan fingerprint density at radius 1 is 1.55 bits per heavy atom. The van der Waals surface area contributed by atoms with Gasteiger partial charge in [0.1, 0.15) is 0 Å². The van der Waals surface area contributed by atoms with Gasteiger partial charge in [0.05, 0.1) is 16.1 Å². The Labute approximate surface area is 70.3 Å². The number of carbonyl (C=O) groups is 1. The number of hydrogen-bond donors (Lipinski definition) is 0. The molecule has 0 saturated carbocycles. The molecule has 1 rings (SSSR count). The summed E-state index contributed by atoms with van der Waals surface area (Å²) in [5.74, 6) is 0. The second-order valence-electron chi connectivity index (χ2n) is 3.43. The van der Waals surface area contributed by atoms with Gasteiger partial charge in [0, 0.05) is 5.41 Å². The van der Waals surface area contributed by atoms with Crippen molar-refractivity contribution in [2.24, 2.45) is 0 Å². The zero-order valence-electron chi connectivity index (χ0n) is 6.92. The molecule has 0 fully saturated rings. The Bertz CT molecular complexity index is 259. The van der Waals surface area contributed by atoms with Gasteiger partial charge in [-0.3, -0.25) is 4.79 Å². The Balaban J connectivity index is 3.12. The first-order valence-electron chi connectivity index (χ1n) is 3.45. The molecule has 11 heavy (non-hydrogen) atoms. The van der Waals surface area contributed by atoms with Crippen molar-refractivity contribution in [3.8, 4) is 0 Å². The minimum atomic E-state index is -0.0176. The molecule has 0 spiro atoms. The first-order chi connectivity index (χ1) is 5.05. The van der Waals surface area contributed by atoms with Crippen LogP contribution < -0.4 is 0 Å². The Morgan fingerprint density at radius 3 is 2.55 bits per heavy atom. The summed E-state index contributed by atoms with van der Waals surface area (Å²) in [6, 6.07) is 0. The molecule has 0 aromatic carbocycles. The van der Waals surface area contributed by atoms with Gasteiger partial charge in [-0.25, -0.2) is 4.98 Å². The summed E-state index contributed by atoms with van der Waals surface area (Å²) in [4.78, 5) is 15.4. The summed E-state index contributed by atoms with van der Waals surface area (Å²) < 4.78 is 0. The van der Waals surface area contributed by atoms with E-state index < -0.39 is 0 Å². The topological polar surface area (TPSA) is 30.0 Å². The quantitative estimate of drug-likeness (QED) is 0.603. The zero-order valence-corrected chi connectivity index (χ0v) is 7.73. The van der Waals surface area contributed by atoms with Crippen LogP contribution in [0.4, 0.5) is 0 Å². The van der Waals surface area contributed by atoms with Crippen molar-refractivity contribution in [2.75, 3.05) is 0 Å². The highest BCUT2D eigenvalue weighted by Gasteiger charge is 2.20. The van der Waals surface area contributed by atoms with Gasteiger partial charge in [0.15, 0.2) is 6.29 Å². The van der Waals surface area contributed by atoms with Crippen molar-refractivity contribution in [3.63, 3.8) is 0 Å². The van der Waals surface area contributed by atoms with E-state index in [1.54, 1.807) is 5.51 Å². The maximum absolute atomic E-state index is 10.5. The van der Waals surface area contributed by atoms with Crippen molar-refractivity contribution in [1.82, 2.24) is 4.98 Å². The molecule has 3 heteroatoms. The van der Waals surface area contributed by atoms with E-state index in [9.17, 15) is 4.79 Å². The Hall–Kier alpha value is -0.700. The van der Waals surface area contributed by atoms with E-state index >= 15 is 0 Å². The second kappa shape index (κ2) is 2.74. The fraction of sp³-hybridized carbons (Fsp3) is 0.500. The average molecular weight is 169 g/mol. The van der Waals surface area contributed by atoms with Crippen LogP contribution in [0.15, 0.2) is 5.51 Å². The number of thiazole rings is 1. The van der Waals surface area contributed by atoms with Crippen molar-refractivity contribution < 1.29 is 4.79 Å². The molecule has 0 radical (unpaired) electrons. The number of nitrogens with zero attached hydrogens (tertiary/aromatic N) is 1. The largest absolute Gasteiger partial charge is 0.297 e. The number of aromatic nitrogens is 1. The van der Waals surface area contributed by atoms with Gasteiger partial charge < -0.3 is 0 Å². The number of aldehydes is 1. The minimum Gasteiger partial charge on any atom is -0.297 e. The summed E-state index contributed by atoms with van der Waals surface area (Å²) in [6.07, 6.45) is 0.873. The van der Waals surface area contributed by atoms with E-state index in [-0.39, 0.29) is 5.41 Å². The zero-order chi connectivity index (χ0) is 8.48. The second-order valence-corrected chi connectivity index (χ2v) is 4.32. The molecule has 0 N–H and O–H groups in total. The monoisotopic (exact) mass is 169 g/mol. The SMILES string of the molecule is CC(C)(C)c1ncsc1C=O. The molecule has 0 amide bonds. The Kier molecular flexibility index (Phi) is 2.09. The van der Waals surface area contributed by atoms with Crippen LogP contribution in [-0.2, 0) is 5.41 Å². The van der Waals surface area contributed by atoms with E-state index in [0.29, 0.717) is 0 Å². The maximum Gasteiger partial charge on any atom is 0.161 e. The molecular formula is C8H11NOS. The summed E-state index contributed by atoms with van der Waals surface area (Å²) in [7, 11) is 0. The first-order valence-corrected chi connectivity index (χ1v) is 4.33. The Morgan fingerprint density at radius 2 is 2.18 bits per heavy atom. The smallest absolute Gasteiger partial charge is 0.161 e. The normalized spacial score (nSPS) is 11.5. The molecular weight excluding hydrogens is 158 g/mol. The van der Waals surface area contributed by atoms with Crippen LogP contribution in [0.25, 0.3) is 0 Å². The summed E-state index contributed by atoms with van der Waals surface area (Å²) in [5, 5.41) is 0. The van der Waals surface area contributed by atoms with E-state index in [1.807, 2.05) is 0 Å². The minimum absolute atomic E-state index is 0.0176. The average Bonchev–Trinajstić information content (AvgIpc) is 2.31. The van der Waals surface area contributed by atoms with Gasteiger partial charge >= 0.3 is 0 Å². The van der Waals surface area contributed by atoms with Gasteiger partial charge in [0.25, 0.3) is 0 Å². The van der Waals surface area contributed by atoms with Gasteiger partial charge in [-0.2, -0.15) is 0 Å². The molecule has 0 aliphatic rings. The van der Waals surface area contributed by atoms with Gasteiger partial charge in [-0.15, -0.1) is 11.3 Å². The van der Waals surface area contributed by atoms with Crippen LogP contribution in [0.5, 0.6) is 0 Å². The molecule has 0 unspecified atom stereocenters. The molecule has 2 nitrogen and oxygen atoms in total. The lowest BCUT2D eigenvalue weighted by molar-refractivity contribution is 0.112. The fourth-order valence-corrected chi connectivity index (χ4v) is 1.70. The third-order valence-corrected chi connectivity index (χ3v) is 2.17. The number of hydrogen-bond acceptors (Lipinski definition) is 3. The molecule has 0 bridgehead atoms. The predicted octanol–water partition coefficient (Wildman–Crippen LogP) is 2.25. The lowest BCUT2D eigenvalue weighted by atomic mass is 9.92. The van der Waals surface area contributed by atoms with Gasteiger partial charge in [-0.05, 0) is 0 Å². The molecule has 1 heterocycles. The lowest BCUT2D eigenvalue weighted by Crippen LogP contribution is -2.13. The third kappa shape index (κ3) is 1.66. The van der Waals surface area contributed by atoms with Crippen LogP contribution >= 0.6 is 11.3 Å². The van der Waals surface area contributed by atoms with E-state index in [4.69, 9.17) is 0 Å². The summed E-state index contributed by atoms with van der Waals surface area (Å²) in [6.45, 7) is 6.15. The van der Waals surface area contributed by atoms with Crippen molar-refractivity contribution >= 4 is 17.6 Å². The predicted molar refractivity (Wildman–Crippen MR) is 46.2 cm³/mol. The fourth-order valence-electron chi connectivity index (χ4n) is 0.902. The molecule has 0 aliphatic carbocycles. The van der Waals surface area contributed by atoms with Crippen LogP contribution in [0.2, 0.25) is 0 Å². The highest BCUT2D eigenvalue weighted by Crippen LogP contribution is 2.25. The highest BCUT2D eigenvalue weighted by molar-refractivity contribution is 7.11. The van der Waals surface area contributed by atoms with E-state index in [1.165, 1.54) is 11.3 Å². The first kappa shape index (κ1) is 8.40. The molecule has 1 aromatic rings. The molecule has 0 saturated heterocycles. The van der Waals surface area contributed by atoms with Gasteiger partial charge in [-0.1, -0.05) is 20.8 Å². The van der Waals surface area contributed by atoms with Crippen LogP contribution in [0.1, 0.15) is 36.1 Å². The highest BCUT2D eigenvalue weighted by atomic mass is 32.1. The van der Waals surface area contributed by atoms with E-state index in [2.05, 4.69) is 25.8 Å². The summed E-state index contributed by atoms with van der Waals surface area (Å²) in [5.41, 5.74) is 2.60. The van der Waals surface area contributed by atoms with Gasteiger partial charge in [0.2, 0.25) is 0 Å². The van der Waals surface area contributed by atoms with Crippen molar-refractivity contribution in [3.05, 3.63) is 16.1 Å². The lowest BCUT2D eigenvalue weighted by Gasteiger charge is -2.15. The molecule has 60 valence electrons. The standard InChI is InChI=1S/C8H11NOS/c1-8(2,3)7-6(4-10)11-5-9-7/h4-5H,1-3H3. The number of rotatable bonds is 1. The van der Waals surface area contributed by atoms with Crippen molar-refractivity contribution in [1.29, 1.82) is 0 Å². The molecule has 1 aromatic heterocycles.